The quantitative estimate of drug-likeness (QED) is 0.681. The molecule has 20 heavy (non-hydrogen) atoms. The van der Waals surface area contributed by atoms with Gasteiger partial charge < -0.3 is 0 Å². The molecule has 2 aromatic rings. The summed E-state index contributed by atoms with van der Waals surface area (Å²) in [4.78, 5) is 0. The summed E-state index contributed by atoms with van der Waals surface area (Å²) < 4.78 is 2.91. The van der Waals surface area contributed by atoms with Gasteiger partial charge in [0, 0.05) is 0 Å². The van der Waals surface area contributed by atoms with Gasteiger partial charge in [-0.05, 0) is 0 Å². The fourth-order valence-corrected chi connectivity index (χ4v) is 12.7. The summed E-state index contributed by atoms with van der Waals surface area (Å²) in [5.74, 6) is 0. The molecule has 0 atom stereocenters. The summed E-state index contributed by atoms with van der Waals surface area (Å²) in [6.45, 7) is 13.1. The first kappa shape index (κ1) is 15.9. The van der Waals surface area contributed by atoms with E-state index in [-0.39, 0.29) is 0 Å². The van der Waals surface area contributed by atoms with Gasteiger partial charge in [-0.15, -0.1) is 0 Å². The number of halogens is 1. The molecular formula is C18H22ClSn+. The first-order valence-corrected chi connectivity index (χ1v) is 13.5. The van der Waals surface area contributed by atoms with Crippen molar-refractivity contribution in [2.24, 2.45) is 0 Å². The summed E-state index contributed by atoms with van der Waals surface area (Å²) in [7, 11) is 7.05. The summed E-state index contributed by atoms with van der Waals surface area (Å²) >= 11 is -2.30. The first-order chi connectivity index (χ1) is 9.31. The van der Waals surface area contributed by atoms with Crippen molar-refractivity contribution in [1.82, 2.24) is 0 Å². The van der Waals surface area contributed by atoms with Crippen LogP contribution in [0.3, 0.4) is 0 Å². The van der Waals surface area contributed by atoms with Crippen molar-refractivity contribution in [1.29, 1.82) is 0 Å². The predicted octanol–water partition coefficient (Wildman–Crippen LogP) is 3.88. The Kier molecular flexibility index (Phi) is 4.86. The predicted molar refractivity (Wildman–Crippen MR) is 92.2 cm³/mol. The van der Waals surface area contributed by atoms with Gasteiger partial charge in [0.2, 0.25) is 0 Å². The molecule has 0 nitrogen and oxygen atoms in total. The molecule has 0 heterocycles. The molecule has 0 aliphatic rings. The molecule has 0 N–H and O–H groups in total. The molecule has 2 rings (SSSR count). The van der Waals surface area contributed by atoms with Gasteiger partial charge in [-0.25, -0.2) is 0 Å². The second-order valence-corrected chi connectivity index (χ2v) is 13.0. The number of hydrogen-bond donors (Lipinski definition) is 0. The van der Waals surface area contributed by atoms with E-state index in [0.717, 1.165) is 0 Å². The molecule has 0 aliphatic heterocycles. The van der Waals surface area contributed by atoms with E-state index in [1.807, 2.05) is 0 Å². The van der Waals surface area contributed by atoms with Crippen LogP contribution in [0.1, 0.15) is 33.4 Å². The van der Waals surface area contributed by atoms with Crippen LogP contribution >= 0.6 is 8.92 Å². The zero-order valence-corrected chi connectivity index (χ0v) is 16.8. The summed E-state index contributed by atoms with van der Waals surface area (Å²) in [5.41, 5.74) is 8.12. The summed E-state index contributed by atoms with van der Waals surface area (Å²) in [5, 5.41) is 0. The third kappa shape index (κ3) is 3.06. The Morgan fingerprint density at radius 3 is 1.10 bits per heavy atom. The van der Waals surface area contributed by atoms with Crippen LogP contribution in [0.4, 0.5) is 0 Å². The third-order valence-electron chi connectivity index (χ3n) is 3.79. The van der Waals surface area contributed by atoms with E-state index in [1.165, 1.54) is 40.5 Å². The third-order valence-corrected chi connectivity index (χ3v) is 13.3. The molecule has 0 amide bonds. The molecule has 0 unspecified atom stereocenters. The number of aryl methyl sites for hydroxylation is 6. The van der Waals surface area contributed by atoms with Gasteiger partial charge >= 0.3 is 134 Å². The Bertz CT molecular complexity index is 555. The molecule has 2 aromatic carbocycles. The topological polar surface area (TPSA) is 0 Å². The Morgan fingerprint density at radius 1 is 0.600 bits per heavy atom. The minimum absolute atomic E-state index is 1.33. The zero-order chi connectivity index (χ0) is 15.0. The number of hydrogen-bond acceptors (Lipinski definition) is 0. The van der Waals surface area contributed by atoms with Crippen LogP contribution in [-0.2, 0) is 0 Å². The van der Waals surface area contributed by atoms with E-state index in [0.29, 0.717) is 0 Å². The van der Waals surface area contributed by atoms with Crippen molar-refractivity contribution < 1.29 is 0 Å². The van der Waals surface area contributed by atoms with Crippen molar-refractivity contribution in [3.63, 3.8) is 0 Å². The molecule has 0 fully saturated rings. The SMILES string of the molecule is Cc1cc(C)[c]([Sn+]([Cl])[c]2c(C)cc(C)cc2C)c(C)c1. The van der Waals surface area contributed by atoms with E-state index in [4.69, 9.17) is 8.92 Å². The second-order valence-electron chi connectivity index (χ2n) is 5.86. The zero-order valence-electron chi connectivity index (χ0n) is 13.2. The van der Waals surface area contributed by atoms with Crippen molar-refractivity contribution in [2.45, 2.75) is 41.5 Å². The van der Waals surface area contributed by atoms with Gasteiger partial charge in [-0.3, -0.25) is 0 Å². The second kappa shape index (κ2) is 6.11. The van der Waals surface area contributed by atoms with Crippen LogP contribution in [-0.4, -0.2) is 18.6 Å². The van der Waals surface area contributed by atoms with Gasteiger partial charge in [0.15, 0.2) is 0 Å². The van der Waals surface area contributed by atoms with Crippen LogP contribution in [0.15, 0.2) is 24.3 Å². The van der Waals surface area contributed by atoms with Gasteiger partial charge in [0.05, 0.1) is 0 Å². The molecule has 0 radical (unpaired) electrons. The molecular weight excluding hydrogens is 370 g/mol. The van der Waals surface area contributed by atoms with Gasteiger partial charge in [-0.1, -0.05) is 0 Å². The first-order valence-electron chi connectivity index (χ1n) is 7.00. The minimum atomic E-state index is -2.30. The standard InChI is InChI=1S/2C9H11.ClH.Sn/c2*1-7-4-8(2)6-9(3)5-7;;/h2*4-5H,1-3H3;1H;/q;;;+2/p-1. The normalized spacial score (nSPS) is 10.8. The Balaban J connectivity index is 2.61. The van der Waals surface area contributed by atoms with Crippen molar-refractivity contribution in [2.75, 3.05) is 0 Å². The van der Waals surface area contributed by atoms with Crippen molar-refractivity contribution in [3.8, 4) is 0 Å². The van der Waals surface area contributed by atoms with Crippen molar-refractivity contribution in [3.05, 3.63) is 57.6 Å². The Labute approximate surface area is 133 Å². The van der Waals surface area contributed by atoms with Crippen LogP contribution in [0.25, 0.3) is 0 Å². The Hall–Kier alpha value is -0.471. The van der Waals surface area contributed by atoms with Crippen LogP contribution in [0.5, 0.6) is 0 Å². The van der Waals surface area contributed by atoms with Gasteiger partial charge in [0.25, 0.3) is 0 Å². The van der Waals surface area contributed by atoms with E-state index < -0.39 is 18.6 Å². The van der Waals surface area contributed by atoms with Crippen molar-refractivity contribution >= 4 is 34.7 Å². The summed E-state index contributed by atoms with van der Waals surface area (Å²) in [6, 6.07) is 9.07. The molecule has 0 aliphatic carbocycles. The average Bonchev–Trinajstić information content (AvgIpc) is 2.25. The van der Waals surface area contributed by atoms with Gasteiger partial charge in [-0.2, -0.15) is 0 Å². The Morgan fingerprint density at radius 2 is 0.850 bits per heavy atom. The molecule has 0 saturated heterocycles. The average molecular weight is 393 g/mol. The molecule has 104 valence electrons. The van der Waals surface area contributed by atoms with Crippen LogP contribution in [0.2, 0.25) is 0 Å². The van der Waals surface area contributed by atoms with Crippen LogP contribution < -0.4 is 7.16 Å². The van der Waals surface area contributed by atoms with E-state index >= 15 is 0 Å². The van der Waals surface area contributed by atoms with E-state index in [1.54, 1.807) is 0 Å². The molecule has 0 spiro atoms. The van der Waals surface area contributed by atoms with Gasteiger partial charge in [0.1, 0.15) is 0 Å². The molecule has 0 aromatic heterocycles. The number of rotatable bonds is 2. The van der Waals surface area contributed by atoms with E-state index in [9.17, 15) is 0 Å². The maximum atomic E-state index is 7.05. The molecule has 2 heteroatoms. The fraction of sp³-hybridized carbons (Fsp3) is 0.333. The fourth-order valence-electron chi connectivity index (χ4n) is 3.18. The maximum absolute atomic E-state index is 7.05. The van der Waals surface area contributed by atoms with Crippen LogP contribution in [0, 0.1) is 41.5 Å². The summed E-state index contributed by atoms with van der Waals surface area (Å²) in [6.07, 6.45) is 0. The monoisotopic (exact) mass is 393 g/mol. The molecule has 0 bridgehead atoms. The number of benzene rings is 2. The van der Waals surface area contributed by atoms with E-state index in [2.05, 4.69) is 65.8 Å². The molecule has 0 saturated carbocycles.